The molecule has 2 rings (SSSR count). The van der Waals surface area contributed by atoms with Gasteiger partial charge in [-0.2, -0.15) is 0 Å². The van der Waals surface area contributed by atoms with Crippen LogP contribution in [0.1, 0.15) is 18.0 Å². The molecule has 0 amide bonds. The van der Waals surface area contributed by atoms with E-state index in [1.807, 2.05) is 30.3 Å². The smallest absolute Gasteiger partial charge is 0.305 e. The predicted molar refractivity (Wildman–Crippen MR) is 63.8 cm³/mol. The summed E-state index contributed by atoms with van der Waals surface area (Å²) in [4.78, 5) is 13.2. The molecule has 0 spiro atoms. The van der Waals surface area contributed by atoms with Gasteiger partial charge < -0.3 is 9.84 Å². The lowest BCUT2D eigenvalue weighted by molar-refractivity contribution is -0.139. The third kappa shape index (κ3) is 3.28. The number of carboxylic acids is 1. The summed E-state index contributed by atoms with van der Waals surface area (Å²) in [6, 6.07) is 9.78. The number of morpholine rings is 1. The fourth-order valence-corrected chi connectivity index (χ4v) is 2.19. The van der Waals surface area contributed by atoms with E-state index in [0.717, 1.165) is 18.7 Å². The SMILES string of the molecule is O=C(O)C[C@@H](c1ccccc1)N1CCOCC1. The summed E-state index contributed by atoms with van der Waals surface area (Å²) in [6.07, 6.45) is 0.143. The first-order valence-electron chi connectivity index (χ1n) is 5.86. The minimum Gasteiger partial charge on any atom is -0.481 e. The van der Waals surface area contributed by atoms with Crippen LogP contribution in [0.25, 0.3) is 0 Å². The van der Waals surface area contributed by atoms with Crippen LogP contribution in [0, 0.1) is 0 Å². The third-order valence-electron chi connectivity index (χ3n) is 3.04. The molecule has 1 aromatic carbocycles. The maximum absolute atomic E-state index is 11.0. The number of carboxylic acid groups (broad SMARTS) is 1. The molecule has 0 saturated carbocycles. The second-order valence-corrected chi connectivity index (χ2v) is 4.17. The summed E-state index contributed by atoms with van der Waals surface area (Å²) >= 11 is 0. The maximum Gasteiger partial charge on any atom is 0.305 e. The Hall–Kier alpha value is -1.39. The van der Waals surface area contributed by atoms with Gasteiger partial charge in [0.1, 0.15) is 0 Å². The first kappa shape index (κ1) is 12.1. The zero-order chi connectivity index (χ0) is 12.1. The molecule has 4 nitrogen and oxygen atoms in total. The summed E-state index contributed by atoms with van der Waals surface area (Å²) in [5, 5.41) is 9.02. The van der Waals surface area contributed by atoms with Crippen LogP contribution in [0.5, 0.6) is 0 Å². The molecular weight excluding hydrogens is 218 g/mol. The van der Waals surface area contributed by atoms with Gasteiger partial charge in [-0.3, -0.25) is 9.69 Å². The van der Waals surface area contributed by atoms with E-state index < -0.39 is 5.97 Å². The van der Waals surface area contributed by atoms with E-state index in [9.17, 15) is 4.79 Å². The highest BCUT2D eigenvalue weighted by Crippen LogP contribution is 2.24. The average Bonchev–Trinajstić information content (AvgIpc) is 2.38. The Morgan fingerprint density at radius 3 is 2.53 bits per heavy atom. The van der Waals surface area contributed by atoms with E-state index in [0.29, 0.717) is 13.2 Å². The van der Waals surface area contributed by atoms with Crippen LogP contribution in [0.4, 0.5) is 0 Å². The van der Waals surface area contributed by atoms with Gasteiger partial charge in [0, 0.05) is 19.1 Å². The normalized spacial score (nSPS) is 18.8. The van der Waals surface area contributed by atoms with Gasteiger partial charge in [-0.15, -0.1) is 0 Å². The number of ether oxygens (including phenoxy) is 1. The highest BCUT2D eigenvalue weighted by atomic mass is 16.5. The minimum atomic E-state index is -0.759. The second kappa shape index (κ2) is 5.80. The summed E-state index contributed by atoms with van der Waals surface area (Å²) in [5.41, 5.74) is 1.07. The van der Waals surface area contributed by atoms with Crippen LogP contribution < -0.4 is 0 Å². The molecule has 1 saturated heterocycles. The molecular formula is C13H17NO3. The molecule has 1 heterocycles. The standard InChI is InChI=1S/C13H17NO3/c15-13(16)10-12(11-4-2-1-3-5-11)14-6-8-17-9-7-14/h1-5,12H,6-10H2,(H,15,16)/t12-/m0/s1. The molecule has 1 fully saturated rings. The molecule has 1 atom stereocenters. The Morgan fingerprint density at radius 2 is 1.94 bits per heavy atom. The molecule has 4 heteroatoms. The Bertz CT molecular complexity index is 360. The molecule has 0 bridgehead atoms. The van der Waals surface area contributed by atoms with Crippen molar-refractivity contribution in [3.8, 4) is 0 Å². The molecule has 1 aliphatic rings. The predicted octanol–water partition coefficient (Wildman–Crippen LogP) is 1.53. The fraction of sp³-hybridized carbons (Fsp3) is 0.462. The first-order chi connectivity index (χ1) is 8.27. The van der Waals surface area contributed by atoms with E-state index in [2.05, 4.69) is 4.90 Å². The number of hydrogen-bond acceptors (Lipinski definition) is 3. The van der Waals surface area contributed by atoms with E-state index in [-0.39, 0.29) is 12.5 Å². The van der Waals surface area contributed by atoms with Crippen molar-refractivity contribution in [2.24, 2.45) is 0 Å². The molecule has 17 heavy (non-hydrogen) atoms. The average molecular weight is 235 g/mol. The van der Waals surface area contributed by atoms with Crippen molar-refractivity contribution in [1.29, 1.82) is 0 Å². The minimum absolute atomic E-state index is 0.0439. The Balaban J connectivity index is 2.15. The second-order valence-electron chi connectivity index (χ2n) is 4.17. The number of nitrogens with zero attached hydrogens (tertiary/aromatic N) is 1. The van der Waals surface area contributed by atoms with Crippen molar-refractivity contribution in [2.75, 3.05) is 26.3 Å². The van der Waals surface area contributed by atoms with Crippen molar-refractivity contribution in [3.05, 3.63) is 35.9 Å². The van der Waals surface area contributed by atoms with Crippen LogP contribution in [-0.2, 0) is 9.53 Å². The van der Waals surface area contributed by atoms with Gasteiger partial charge in [0.15, 0.2) is 0 Å². The molecule has 0 radical (unpaired) electrons. The lowest BCUT2D eigenvalue weighted by Gasteiger charge is -2.34. The highest BCUT2D eigenvalue weighted by Gasteiger charge is 2.24. The Morgan fingerprint density at radius 1 is 1.29 bits per heavy atom. The quantitative estimate of drug-likeness (QED) is 0.860. The monoisotopic (exact) mass is 235 g/mol. The molecule has 1 N–H and O–H groups in total. The summed E-state index contributed by atoms with van der Waals surface area (Å²) in [5.74, 6) is -0.759. The van der Waals surface area contributed by atoms with Crippen molar-refractivity contribution >= 4 is 5.97 Å². The number of carbonyl (C=O) groups is 1. The number of benzene rings is 1. The van der Waals surface area contributed by atoms with E-state index >= 15 is 0 Å². The molecule has 1 aliphatic heterocycles. The van der Waals surface area contributed by atoms with Gasteiger partial charge in [0.25, 0.3) is 0 Å². The fourth-order valence-electron chi connectivity index (χ4n) is 2.19. The van der Waals surface area contributed by atoms with E-state index in [1.165, 1.54) is 0 Å². The molecule has 0 aromatic heterocycles. The van der Waals surface area contributed by atoms with Crippen LogP contribution in [-0.4, -0.2) is 42.3 Å². The first-order valence-corrected chi connectivity index (χ1v) is 5.86. The van der Waals surface area contributed by atoms with Gasteiger partial charge in [-0.05, 0) is 5.56 Å². The van der Waals surface area contributed by atoms with Crippen LogP contribution in [0.2, 0.25) is 0 Å². The van der Waals surface area contributed by atoms with Crippen LogP contribution in [0.3, 0.4) is 0 Å². The molecule has 1 aromatic rings. The Kier molecular flexibility index (Phi) is 4.12. The zero-order valence-electron chi connectivity index (χ0n) is 9.71. The summed E-state index contributed by atoms with van der Waals surface area (Å²) < 4.78 is 5.30. The van der Waals surface area contributed by atoms with Gasteiger partial charge in [-0.25, -0.2) is 0 Å². The van der Waals surface area contributed by atoms with Gasteiger partial charge in [0.05, 0.1) is 19.6 Å². The van der Waals surface area contributed by atoms with Crippen molar-refractivity contribution in [3.63, 3.8) is 0 Å². The van der Waals surface area contributed by atoms with Crippen molar-refractivity contribution in [2.45, 2.75) is 12.5 Å². The van der Waals surface area contributed by atoms with Gasteiger partial charge in [0.2, 0.25) is 0 Å². The zero-order valence-corrected chi connectivity index (χ0v) is 9.71. The molecule has 92 valence electrons. The summed E-state index contributed by atoms with van der Waals surface area (Å²) in [7, 11) is 0. The number of rotatable bonds is 4. The molecule has 0 aliphatic carbocycles. The third-order valence-corrected chi connectivity index (χ3v) is 3.04. The Labute approximate surface area is 101 Å². The topological polar surface area (TPSA) is 49.8 Å². The lowest BCUT2D eigenvalue weighted by Crippen LogP contribution is -2.39. The van der Waals surface area contributed by atoms with Gasteiger partial charge in [-0.1, -0.05) is 30.3 Å². The molecule has 0 unspecified atom stereocenters. The van der Waals surface area contributed by atoms with Crippen LogP contribution >= 0.6 is 0 Å². The van der Waals surface area contributed by atoms with Crippen LogP contribution in [0.15, 0.2) is 30.3 Å². The van der Waals surface area contributed by atoms with E-state index in [4.69, 9.17) is 9.84 Å². The largest absolute Gasteiger partial charge is 0.481 e. The number of hydrogen-bond donors (Lipinski definition) is 1. The number of aliphatic carboxylic acids is 1. The van der Waals surface area contributed by atoms with Crippen molar-refractivity contribution < 1.29 is 14.6 Å². The van der Waals surface area contributed by atoms with Gasteiger partial charge >= 0.3 is 5.97 Å². The van der Waals surface area contributed by atoms with E-state index in [1.54, 1.807) is 0 Å². The lowest BCUT2D eigenvalue weighted by atomic mass is 10.0. The van der Waals surface area contributed by atoms with Crippen molar-refractivity contribution in [1.82, 2.24) is 4.90 Å². The maximum atomic E-state index is 11.0. The summed E-state index contributed by atoms with van der Waals surface area (Å²) in [6.45, 7) is 2.96. The highest BCUT2D eigenvalue weighted by molar-refractivity contribution is 5.67.